The van der Waals surface area contributed by atoms with Crippen LogP contribution in [0.5, 0.6) is 5.75 Å². The number of ether oxygens (including phenoxy) is 2. The highest BCUT2D eigenvalue weighted by Crippen LogP contribution is 2.30. The molecule has 156 valence electrons. The van der Waals surface area contributed by atoms with Crippen LogP contribution in [-0.4, -0.2) is 51.2 Å². The lowest BCUT2D eigenvalue weighted by Gasteiger charge is -2.26. The van der Waals surface area contributed by atoms with Gasteiger partial charge in [-0.3, -0.25) is 0 Å². The largest absolute Gasteiger partial charge is 0.495 e. The number of methoxy groups -OCH3 is 1. The Morgan fingerprint density at radius 1 is 1.17 bits per heavy atom. The first-order valence-corrected chi connectivity index (χ1v) is 11.1. The molecule has 0 spiro atoms. The van der Waals surface area contributed by atoms with Crippen LogP contribution in [0.3, 0.4) is 0 Å². The van der Waals surface area contributed by atoms with Gasteiger partial charge in [-0.2, -0.15) is 4.31 Å². The van der Waals surface area contributed by atoms with E-state index in [9.17, 15) is 8.42 Å². The number of nitrogens with zero attached hydrogens (tertiary/aromatic N) is 1. The van der Waals surface area contributed by atoms with Crippen LogP contribution in [-0.2, 0) is 14.8 Å². The number of hydrogen-bond acceptors (Lipinski definition) is 5. The molecule has 0 saturated carbocycles. The van der Waals surface area contributed by atoms with E-state index in [-0.39, 0.29) is 4.90 Å². The highest BCUT2D eigenvalue weighted by molar-refractivity contribution is 7.89. The van der Waals surface area contributed by atoms with E-state index in [1.165, 1.54) is 23.5 Å². The minimum absolute atomic E-state index is 0.159. The van der Waals surface area contributed by atoms with Gasteiger partial charge in [0.2, 0.25) is 10.0 Å². The number of anilines is 2. The van der Waals surface area contributed by atoms with Gasteiger partial charge in [-0.25, -0.2) is 8.42 Å². The topological polar surface area (TPSA) is 79.9 Å². The van der Waals surface area contributed by atoms with Gasteiger partial charge >= 0.3 is 0 Å². The first-order valence-electron chi connectivity index (χ1n) is 8.92. The zero-order valence-corrected chi connectivity index (χ0v) is 18.5. The summed E-state index contributed by atoms with van der Waals surface area (Å²) in [7, 11) is -2.14. The van der Waals surface area contributed by atoms with Crippen LogP contribution < -0.4 is 15.4 Å². The summed E-state index contributed by atoms with van der Waals surface area (Å²) >= 11 is 11.5. The summed E-state index contributed by atoms with van der Waals surface area (Å²) in [4.78, 5) is 0.159. The predicted molar refractivity (Wildman–Crippen MR) is 119 cm³/mol. The molecule has 0 aromatic heterocycles. The Morgan fingerprint density at radius 3 is 2.55 bits per heavy atom. The van der Waals surface area contributed by atoms with E-state index in [0.717, 1.165) is 11.3 Å². The van der Waals surface area contributed by atoms with Crippen molar-refractivity contribution in [3.63, 3.8) is 0 Å². The zero-order chi connectivity index (χ0) is 21.0. The zero-order valence-electron chi connectivity index (χ0n) is 16.1. The predicted octanol–water partition coefficient (Wildman–Crippen LogP) is 3.49. The first kappa shape index (κ1) is 21.8. The fourth-order valence-corrected chi connectivity index (χ4v) is 4.71. The molecule has 1 fully saturated rings. The lowest BCUT2D eigenvalue weighted by atomic mass is 10.2. The lowest BCUT2D eigenvalue weighted by molar-refractivity contribution is 0.0730. The summed E-state index contributed by atoms with van der Waals surface area (Å²) in [5.74, 6) is 0.367. The Balaban J connectivity index is 1.78. The number of benzene rings is 2. The molecule has 2 aromatic carbocycles. The Hall–Kier alpha value is -1.91. The molecule has 1 aliphatic rings. The van der Waals surface area contributed by atoms with Gasteiger partial charge in [-0.05, 0) is 49.0 Å². The fraction of sp³-hybridized carbons (Fsp3) is 0.316. The molecule has 1 aliphatic heterocycles. The Morgan fingerprint density at radius 2 is 1.86 bits per heavy atom. The van der Waals surface area contributed by atoms with Crippen molar-refractivity contribution in [3.05, 3.63) is 47.0 Å². The molecule has 2 aromatic rings. The van der Waals surface area contributed by atoms with Gasteiger partial charge in [-0.15, -0.1) is 0 Å². The van der Waals surface area contributed by atoms with Gasteiger partial charge in [0, 0.05) is 29.9 Å². The molecule has 1 heterocycles. The number of hydrogen-bond donors (Lipinski definition) is 2. The van der Waals surface area contributed by atoms with Crippen LogP contribution in [0.4, 0.5) is 11.4 Å². The molecule has 7 nitrogen and oxygen atoms in total. The molecule has 3 rings (SSSR count). The molecule has 0 aliphatic carbocycles. The highest BCUT2D eigenvalue weighted by Gasteiger charge is 2.27. The third-order valence-corrected chi connectivity index (χ3v) is 7.05. The van der Waals surface area contributed by atoms with Gasteiger partial charge in [0.05, 0.1) is 30.9 Å². The third-order valence-electron chi connectivity index (χ3n) is 4.54. The molecule has 2 N–H and O–H groups in total. The summed E-state index contributed by atoms with van der Waals surface area (Å²) in [6.07, 6.45) is 0. The molecule has 10 heteroatoms. The van der Waals surface area contributed by atoms with Gasteiger partial charge in [0.25, 0.3) is 0 Å². The van der Waals surface area contributed by atoms with Crippen molar-refractivity contribution in [3.8, 4) is 5.75 Å². The smallest absolute Gasteiger partial charge is 0.243 e. The first-order chi connectivity index (χ1) is 13.8. The van der Waals surface area contributed by atoms with Gasteiger partial charge in [-0.1, -0.05) is 17.7 Å². The minimum atomic E-state index is -3.62. The minimum Gasteiger partial charge on any atom is -0.495 e. The van der Waals surface area contributed by atoms with Crippen molar-refractivity contribution >= 4 is 50.3 Å². The molecule has 0 amide bonds. The average molecular weight is 456 g/mol. The van der Waals surface area contributed by atoms with Crippen LogP contribution >= 0.6 is 23.8 Å². The average Bonchev–Trinajstić information content (AvgIpc) is 2.72. The SMILES string of the molecule is COc1cc(S(=O)(=O)N2CCOCC2)ccc1NC(=S)Nc1cccc(Cl)c1C. The van der Waals surface area contributed by atoms with Crippen LogP contribution in [0.25, 0.3) is 0 Å². The number of thiocarbonyl (C=S) groups is 1. The van der Waals surface area contributed by atoms with Crippen molar-refractivity contribution in [2.75, 3.05) is 44.0 Å². The maximum atomic E-state index is 12.8. The van der Waals surface area contributed by atoms with Gasteiger partial charge < -0.3 is 20.1 Å². The van der Waals surface area contributed by atoms with Crippen molar-refractivity contribution in [1.29, 1.82) is 0 Å². The second kappa shape index (κ2) is 9.27. The lowest BCUT2D eigenvalue weighted by Crippen LogP contribution is -2.40. The van der Waals surface area contributed by atoms with E-state index in [4.69, 9.17) is 33.3 Å². The summed E-state index contributed by atoms with van der Waals surface area (Å²) in [5.41, 5.74) is 2.20. The van der Waals surface area contributed by atoms with Crippen molar-refractivity contribution in [2.45, 2.75) is 11.8 Å². The number of halogens is 1. The molecular weight excluding hydrogens is 434 g/mol. The summed E-state index contributed by atoms with van der Waals surface area (Å²) in [6.45, 7) is 3.33. The summed E-state index contributed by atoms with van der Waals surface area (Å²) in [5, 5.41) is 7.09. The van der Waals surface area contributed by atoms with Crippen molar-refractivity contribution in [2.24, 2.45) is 0 Å². The van der Waals surface area contributed by atoms with Crippen molar-refractivity contribution in [1.82, 2.24) is 4.31 Å². The Labute approximate surface area is 181 Å². The van der Waals surface area contributed by atoms with E-state index in [2.05, 4.69) is 10.6 Å². The Bertz CT molecular complexity index is 1010. The monoisotopic (exact) mass is 455 g/mol. The quantitative estimate of drug-likeness (QED) is 0.668. The third kappa shape index (κ3) is 4.99. The molecule has 0 bridgehead atoms. The Kier molecular flexibility index (Phi) is 6.97. The number of nitrogens with one attached hydrogen (secondary N) is 2. The van der Waals surface area contributed by atoms with Crippen LogP contribution in [0.1, 0.15) is 5.56 Å². The molecule has 0 unspecified atom stereocenters. The second-order valence-corrected chi connectivity index (χ2v) is 9.12. The van der Waals surface area contributed by atoms with E-state index < -0.39 is 10.0 Å². The maximum Gasteiger partial charge on any atom is 0.243 e. The second-order valence-electron chi connectivity index (χ2n) is 6.37. The molecule has 0 atom stereocenters. The number of sulfonamides is 1. The van der Waals surface area contributed by atoms with E-state index in [0.29, 0.717) is 47.9 Å². The van der Waals surface area contributed by atoms with Crippen molar-refractivity contribution < 1.29 is 17.9 Å². The highest BCUT2D eigenvalue weighted by atomic mass is 35.5. The summed E-state index contributed by atoms with van der Waals surface area (Å²) in [6, 6.07) is 10.1. The fourth-order valence-electron chi connectivity index (χ4n) is 2.89. The molecular formula is C19H22ClN3O4S2. The maximum absolute atomic E-state index is 12.8. The van der Waals surface area contributed by atoms with Gasteiger partial charge in [0.15, 0.2) is 5.11 Å². The summed E-state index contributed by atoms with van der Waals surface area (Å²) < 4.78 is 37.7. The van der Waals surface area contributed by atoms with Crippen LogP contribution in [0.2, 0.25) is 5.02 Å². The standard InChI is InChI=1S/C19H22ClN3O4S2/c1-13-15(20)4-3-5-16(13)21-19(28)22-17-7-6-14(12-18(17)26-2)29(24,25)23-8-10-27-11-9-23/h3-7,12H,8-11H2,1-2H3,(H2,21,22,28). The molecule has 29 heavy (non-hydrogen) atoms. The van der Waals surface area contributed by atoms with Gasteiger partial charge in [0.1, 0.15) is 5.75 Å². The molecule has 0 radical (unpaired) electrons. The van der Waals surface area contributed by atoms with E-state index in [1.807, 2.05) is 19.1 Å². The normalized spacial score (nSPS) is 15.0. The molecule has 1 saturated heterocycles. The number of morpholine rings is 1. The number of rotatable bonds is 5. The van der Waals surface area contributed by atoms with E-state index in [1.54, 1.807) is 12.1 Å². The van der Waals surface area contributed by atoms with E-state index >= 15 is 0 Å². The van der Waals surface area contributed by atoms with Crippen LogP contribution in [0, 0.1) is 6.92 Å². The van der Waals surface area contributed by atoms with Crippen LogP contribution in [0.15, 0.2) is 41.3 Å².